The number of benzene rings is 3. The maximum absolute atomic E-state index is 2.50. The zero-order chi connectivity index (χ0) is 14.8. The van der Waals surface area contributed by atoms with Gasteiger partial charge >= 0.3 is 0 Å². The average Bonchev–Trinajstić information content (AvgIpc) is 3.40. The molecule has 0 aromatic heterocycles. The highest BCUT2D eigenvalue weighted by atomic mass is 15.2. The highest BCUT2D eigenvalue weighted by molar-refractivity contribution is 5.68. The van der Waals surface area contributed by atoms with Crippen molar-refractivity contribution in [2.24, 2.45) is 0 Å². The van der Waals surface area contributed by atoms with Crippen molar-refractivity contribution in [1.82, 2.24) is 0 Å². The van der Waals surface area contributed by atoms with Crippen LogP contribution in [0, 0.1) is 0 Å². The molecule has 0 radical (unpaired) electrons. The van der Waals surface area contributed by atoms with E-state index in [1.807, 2.05) is 0 Å². The topological polar surface area (TPSA) is 3.24 Å². The lowest BCUT2D eigenvalue weighted by molar-refractivity contribution is 0.703. The Morgan fingerprint density at radius 2 is 0.955 bits per heavy atom. The first-order valence-corrected chi connectivity index (χ1v) is 7.86. The van der Waals surface area contributed by atoms with Crippen molar-refractivity contribution in [3.63, 3.8) is 0 Å². The molecule has 1 saturated carbocycles. The summed E-state index contributed by atoms with van der Waals surface area (Å²) in [6.45, 7) is 0. The summed E-state index contributed by atoms with van der Waals surface area (Å²) >= 11 is 0. The molecule has 108 valence electrons. The molecule has 1 nitrogen and oxygen atoms in total. The van der Waals surface area contributed by atoms with Gasteiger partial charge in [0.05, 0.1) is 5.54 Å². The molecule has 0 bridgehead atoms. The molecule has 0 saturated heterocycles. The Morgan fingerprint density at radius 3 is 1.36 bits per heavy atom. The lowest BCUT2D eigenvalue weighted by Crippen LogP contribution is -2.31. The number of hydrogen-bond acceptors (Lipinski definition) is 1. The average molecular weight is 285 g/mol. The van der Waals surface area contributed by atoms with Crippen LogP contribution in [0.15, 0.2) is 91.0 Å². The summed E-state index contributed by atoms with van der Waals surface area (Å²) in [7, 11) is 0. The molecule has 3 aromatic carbocycles. The monoisotopic (exact) mass is 285 g/mol. The van der Waals surface area contributed by atoms with E-state index in [-0.39, 0.29) is 5.54 Å². The predicted molar refractivity (Wildman–Crippen MR) is 92.4 cm³/mol. The smallest absolute Gasteiger partial charge is 0.0704 e. The molecule has 4 rings (SSSR count). The van der Waals surface area contributed by atoms with Gasteiger partial charge in [-0.15, -0.1) is 0 Å². The van der Waals surface area contributed by atoms with Crippen LogP contribution in [0.4, 0.5) is 11.4 Å². The van der Waals surface area contributed by atoms with Gasteiger partial charge in [0.25, 0.3) is 0 Å². The van der Waals surface area contributed by atoms with E-state index in [9.17, 15) is 0 Å². The van der Waals surface area contributed by atoms with Gasteiger partial charge < -0.3 is 4.90 Å². The fourth-order valence-electron chi connectivity index (χ4n) is 3.31. The second kappa shape index (κ2) is 5.34. The molecular weight excluding hydrogens is 266 g/mol. The number of hydrogen-bond donors (Lipinski definition) is 0. The maximum Gasteiger partial charge on any atom is 0.0704 e. The normalized spacial score (nSPS) is 15.3. The minimum absolute atomic E-state index is 0.101. The third-order valence-electron chi connectivity index (χ3n) is 4.49. The molecule has 22 heavy (non-hydrogen) atoms. The van der Waals surface area contributed by atoms with Crippen LogP contribution in [-0.2, 0) is 5.54 Å². The largest absolute Gasteiger partial charge is 0.331 e. The molecule has 0 amide bonds. The van der Waals surface area contributed by atoms with E-state index in [2.05, 4.69) is 95.9 Å². The zero-order valence-corrected chi connectivity index (χ0v) is 12.5. The summed E-state index contributed by atoms with van der Waals surface area (Å²) in [6.07, 6.45) is 2.39. The molecule has 0 atom stereocenters. The summed E-state index contributed by atoms with van der Waals surface area (Å²) in [5.41, 5.74) is 4.03. The van der Waals surface area contributed by atoms with Crippen LogP contribution < -0.4 is 4.90 Å². The number of para-hydroxylation sites is 2. The van der Waals surface area contributed by atoms with Gasteiger partial charge in [-0.1, -0.05) is 66.7 Å². The van der Waals surface area contributed by atoms with Crippen molar-refractivity contribution >= 4 is 11.4 Å². The SMILES string of the molecule is c1ccc(N(c2ccccc2)C2(c3ccccc3)CC2)cc1. The summed E-state index contributed by atoms with van der Waals surface area (Å²) in [6, 6.07) is 32.3. The lowest BCUT2D eigenvalue weighted by atomic mass is 10.0. The van der Waals surface area contributed by atoms with Crippen LogP contribution in [0.3, 0.4) is 0 Å². The third kappa shape index (κ3) is 2.19. The molecule has 1 heteroatoms. The Balaban J connectivity index is 1.86. The first-order valence-electron chi connectivity index (χ1n) is 7.86. The number of anilines is 2. The highest BCUT2D eigenvalue weighted by Gasteiger charge is 2.50. The quantitative estimate of drug-likeness (QED) is 0.610. The van der Waals surface area contributed by atoms with Gasteiger partial charge in [0.1, 0.15) is 0 Å². The number of rotatable bonds is 4. The van der Waals surface area contributed by atoms with Crippen LogP contribution in [0.2, 0.25) is 0 Å². The van der Waals surface area contributed by atoms with Gasteiger partial charge in [-0.2, -0.15) is 0 Å². The minimum atomic E-state index is 0.101. The summed E-state index contributed by atoms with van der Waals surface area (Å²) < 4.78 is 0. The minimum Gasteiger partial charge on any atom is -0.331 e. The molecule has 3 aromatic rings. The highest BCUT2D eigenvalue weighted by Crippen LogP contribution is 2.55. The van der Waals surface area contributed by atoms with Crippen molar-refractivity contribution in [2.45, 2.75) is 18.4 Å². The fourth-order valence-corrected chi connectivity index (χ4v) is 3.31. The van der Waals surface area contributed by atoms with Crippen LogP contribution >= 0.6 is 0 Å². The van der Waals surface area contributed by atoms with E-state index < -0.39 is 0 Å². The Hall–Kier alpha value is -2.54. The molecule has 1 aliphatic rings. The molecular formula is C21H19N. The Labute approximate surface area is 131 Å². The van der Waals surface area contributed by atoms with Crippen LogP contribution in [0.25, 0.3) is 0 Å². The van der Waals surface area contributed by atoms with Crippen molar-refractivity contribution < 1.29 is 0 Å². The summed E-state index contributed by atoms with van der Waals surface area (Å²) in [5.74, 6) is 0. The molecule has 1 aliphatic carbocycles. The predicted octanol–water partition coefficient (Wildman–Crippen LogP) is 5.51. The van der Waals surface area contributed by atoms with Crippen molar-refractivity contribution in [3.8, 4) is 0 Å². The second-order valence-electron chi connectivity index (χ2n) is 5.90. The van der Waals surface area contributed by atoms with E-state index in [0.29, 0.717) is 0 Å². The first kappa shape index (κ1) is 13.1. The Morgan fingerprint density at radius 1 is 0.545 bits per heavy atom. The number of nitrogens with zero attached hydrogens (tertiary/aromatic N) is 1. The van der Waals surface area contributed by atoms with Gasteiger partial charge in [-0.05, 0) is 42.7 Å². The van der Waals surface area contributed by atoms with E-state index >= 15 is 0 Å². The van der Waals surface area contributed by atoms with Gasteiger partial charge in [0.15, 0.2) is 0 Å². The molecule has 0 spiro atoms. The Kier molecular flexibility index (Phi) is 3.19. The first-order chi connectivity index (χ1) is 10.9. The van der Waals surface area contributed by atoms with Crippen molar-refractivity contribution in [3.05, 3.63) is 96.6 Å². The lowest BCUT2D eigenvalue weighted by Gasteiger charge is -2.35. The van der Waals surface area contributed by atoms with Gasteiger partial charge in [0.2, 0.25) is 0 Å². The molecule has 0 aliphatic heterocycles. The van der Waals surface area contributed by atoms with Crippen molar-refractivity contribution in [1.29, 1.82) is 0 Å². The van der Waals surface area contributed by atoms with Gasteiger partial charge in [-0.25, -0.2) is 0 Å². The van der Waals surface area contributed by atoms with Crippen LogP contribution in [0.5, 0.6) is 0 Å². The molecule has 1 fully saturated rings. The standard InChI is InChI=1S/C21H19N/c1-4-10-18(11-5-1)21(16-17-21)22(19-12-6-2-7-13-19)20-14-8-3-9-15-20/h1-15H,16-17H2. The summed E-state index contributed by atoms with van der Waals surface area (Å²) in [4.78, 5) is 2.50. The third-order valence-corrected chi connectivity index (χ3v) is 4.49. The molecule has 0 unspecified atom stereocenters. The second-order valence-corrected chi connectivity index (χ2v) is 5.90. The van der Waals surface area contributed by atoms with Gasteiger partial charge in [0, 0.05) is 11.4 Å². The van der Waals surface area contributed by atoms with E-state index in [1.165, 1.54) is 29.8 Å². The molecule has 0 heterocycles. The fraction of sp³-hybridized carbons (Fsp3) is 0.143. The van der Waals surface area contributed by atoms with Gasteiger partial charge in [-0.3, -0.25) is 0 Å². The summed E-state index contributed by atoms with van der Waals surface area (Å²) in [5, 5.41) is 0. The van der Waals surface area contributed by atoms with E-state index in [1.54, 1.807) is 0 Å². The molecule has 0 N–H and O–H groups in total. The zero-order valence-electron chi connectivity index (χ0n) is 12.5. The van der Waals surface area contributed by atoms with Crippen molar-refractivity contribution in [2.75, 3.05) is 4.90 Å². The van der Waals surface area contributed by atoms with Crippen LogP contribution in [0.1, 0.15) is 18.4 Å². The van der Waals surface area contributed by atoms with E-state index in [4.69, 9.17) is 0 Å². The Bertz CT molecular complexity index is 691. The van der Waals surface area contributed by atoms with E-state index in [0.717, 1.165) is 0 Å². The van der Waals surface area contributed by atoms with Crippen LogP contribution in [-0.4, -0.2) is 0 Å². The maximum atomic E-state index is 2.50.